The molecule has 4 nitrogen and oxygen atoms in total. The maximum atomic E-state index is 11.9. The van der Waals surface area contributed by atoms with Gasteiger partial charge in [-0.2, -0.15) is 0 Å². The molecule has 92 valence electrons. The van der Waals surface area contributed by atoms with Gasteiger partial charge >= 0.3 is 0 Å². The van der Waals surface area contributed by atoms with Crippen molar-refractivity contribution in [3.63, 3.8) is 0 Å². The highest BCUT2D eigenvalue weighted by molar-refractivity contribution is 5.83. The molecule has 2 rings (SSSR count). The Bertz CT molecular complexity index is 395. The van der Waals surface area contributed by atoms with Crippen molar-refractivity contribution in [1.29, 1.82) is 0 Å². The lowest BCUT2D eigenvalue weighted by atomic mass is 9.95. The third-order valence-electron chi connectivity index (χ3n) is 2.99. The van der Waals surface area contributed by atoms with E-state index in [2.05, 4.69) is 0 Å². The predicted molar refractivity (Wildman–Crippen MR) is 65.3 cm³/mol. The van der Waals surface area contributed by atoms with Crippen LogP contribution < -0.4 is 5.73 Å². The summed E-state index contributed by atoms with van der Waals surface area (Å²) in [7, 11) is 0. The lowest BCUT2D eigenvalue weighted by Gasteiger charge is -2.45. The third kappa shape index (κ3) is 2.84. The molecule has 3 N–H and O–H groups in total. The van der Waals surface area contributed by atoms with Gasteiger partial charge in [0.15, 0.2) is 0 Å². The molecule has 1 aromatic rings. The second-order valence-electron chi connectivity index (χ2n) is 4.99. The summed E-state index contributed by atoms with van der Waals surface area (Å²) in [4.78, 5) is 13.5. The zero-order chi connectivity index (χ0) is 12.5. The standard InChI is InChI=1S/C13H18N2O2/c1-13(17)8-15(9-13)12(16)11(14)7-10-5-3-2-4-6-10/h2-6,11,17H,7-9,14H2,1H3/t11-/m0/s1. The number of amides is 1. The van der Waals surface area contributed by atoms with Gasteiger partial charge in [0.2, 0.25) is 5.91 Å². The van der Waals surface area contributed by atoms with E-state index in [1.807, 2.05) is 30.3 Å². The van der Waals surface area contributed by atoms with Gasteiger partial charge in [0.25, 0.3) is 0 Å². The summed E-state index contributed by atoms with van der Waals surface area (Å²) >= 11 is 0. The van der Waals surface area contributed by atoms with Gasteiger partial charge in [-0.1, -0.05) is 30.3 Å². The van der Waals surface area contributed by atoms with Crippen LogP contribution in [-0.4, -0.2) is 40.6 Å². The van der Waals surface area contributed by atoms with E-state index in [1.165, 1.54) is 0 Å². The quantitative estimate of drug-likeness (QED) is 0.782. The molecule has 1 amide bonds. The van der Waals surface area contributed by atoms with Gasteiger partial charge in [-0.05, 0) is 18.9 Å². The van der Waals surface area contributed by atoms with Crippen LogP contribution in [0.5, 0.6) is 0 Å². The Balaban J connectivity index is 1.89. The summed E-state index contributed by atoms with van der Waals surface area (Å²) in [5.74, 6) is -0.0830. The first-order valence-electron chi connectivity index (χ1n) is 5.79. The Kier molecular flexibility index (Phi) is 3.17. The van der Waals surface area contributed by atoms with Crippen LogP contribution in [0.2, 0.25) is 0 Å². The number of carbonyl (C=O) groups excluding carboxylic acids is 1. The van der Waals surface area contributed by atoms with Crippen LogP contribution in [0.25, 0.3) is 0 Å². The summed E-state index contributed by atoms with van der Waals surface area (Å²) < 4.78 is 0. The molecule has 1 aliphatic rings. The number of nitrogens with two attached hydrogens (primary N) is 1. The van der Waals surface area contributed by atoms with E-state index in [0.29, 0.717) is 19.5 Å². The fourth-order valence-corrected chi connectivity index (χ4v) is 2.12. The van der Waals surface area contributed by atoms with E-state index in [9.17, 15) is 9.90 Å². The molecule has 0 aromatic heterocycles. The maximum Gasteiger partial charge on any atom is 0.240 e. The van der Waals surface area contributed by atoms with E-state index < -0.39 is 11.6 Å². The predicted octanol–water partition coefficient (Wildman–Crippen LogP) is 0.150. The molecule has 1 heterocycles. The van der Waals surface area contributed by atoms with Crippen LogP contribution in [0, 0.1) is 0 Å². The van der Waals surface area contributed by atoms with Gasteiger partial charge in [-0.3, -0.25) is 4.79 Å². The minimum atomic E-state index is -0.734. The third-order valence-corrected chi connectivity index (χ3v) is 2.99. The SMILES string of the molecule is CC1(O)CN(C(=O)[C@@H](N)Cc2ccccc2)C1. The highest BCUT2D eigenvalue weighted by Crippen LogP contribution is 2.20. The van der Waals surface area contributed by atoms with Gasteiger partial charge in [0.1, 0.15) is 0 Å². The second kappa shape index (κ2) is 4.47. The number of hydrogen-bond donors (Lipinski definition) is 2. The largest absolute Gasteiger partial charge is 0.386 e. The number of nitrogens with zero attached hydrogens (tertiary/aromatic N) is 1. The monoisotopic (exact) mass is 234 g/mol. The number of β-amino-alcohol motifs (C(OH)–C–C–N with tert-alkyl or cyclic N) is 1. The van der Waals surface area contributed by atoms with Gasteiger partial charge in [-0.25, -0.2) is 0 Å². The molecule has 0 saturated carbocycles. The van der Waals surface area contributed by atoms with Crippen LogP contribution in [0.1, 0.15) is 12.5 Å². The van der Waals surface area contributed by atoms with Crippen molar-refractivity contribution in [1.82, 2.24) is 4.90 Å². The molecule has 1 aromatic carbocycles. The van der Waals surface area contributed by atoms with Crippen LogP contribution >= 0.6 is 0 Å². The normalized spacial score (nSPS) is 19.6. The van der Waals surface area contributed by atoms with Gasteiger partial charge in [0.05, 0.1) is 24.7 Å². The Labute approximate surface area is 101 Å². The van der Waals surface area contributed by atoms with Crippen molar-refractivity contribution in [2.24, 2.45) is 5.73 Å². The lowest BCUT2D eigenvalue weighted by molar-refractivity contribution is -0.153. The number of likely N-dealkylation sites (tertiary alicyclic amines) is 1. The average molecular weight is 234 g/mol. The van der Waals surface area contributed by atoms with Gasteiger partial charge < -0.3 is 15.7 Å². The second-order valence-corrected chi connectivity index (χ2v) is 4.99. The zero-order valence-electron chi connectivity index (χ0n) is 9.97. The number of hydrogen-bond acceptors (Lipinski definition) is 3. The molecular weight excluding hydrogens is 216 g/mol. The maximum absolute atomic E-state index is 11.9. The first kappa shape index (κ1) is 12.1. The molecule has 1 fully saturated rings. The zero-order valence-corrected chi connectivity index (χ0v) is 9.97. The topological polar surface area (TPSA) is 66.6 Å². The highest BCUT2D eigenvalue weighted by Gasteiger charge is 2.40. The van der Waals surface area contributed by atoms with Crippen LogP contribution in [-0.2, 0) is 11.2 Å². The first-order chi connectivity index (χ1) is 7.98. The molecule has 0 aliphatic carbocycles. The van der Waals surface area contributed by atoms with Crippen LogP contribution in [0.3, 0.4) is 0 Å². The van der Waals surface area contributed by atoms with Crippen molar-refractivity contribution in [3.8, 4) is 0 Å². The van der Waals surface area contributed by atoms with Gasteiger partial charge in [0, 0.05) is 0 Å². The molecule has 1 aliphatic heterocycles. The Morgan fingerprint density at radius 3 is 2.59 bits per heavy atom. The molecule has 0 bridgehead atoms. The van der Waals surface area contributed by atoms with Crippen LogP contribution in [0.4, 0.5) is 0 Å². The molecule has 0 radical (unpaired) electrons. The van der Waals surface area contributed by atoms with Crippen molar-refractivity contribution in [3.05, 3.63) is 35.9 Å². The number of rotatable bonds is 3. The highest BCUT2D eigenvalue weighted by atomic mass is 16.3. The molecular formula is C13H18N2O2. The van der Waals surface area contributed by atoms with Crippen molar-refractivity contribution in [2.45, 2.75) is 25.0 Å². The summed E-state index contributed by atoms with van der Waals surface area (Å²) in [6, 6.07) is 9.19. The molecule has 1 saturated heterocycles. The molecule has 17 heavy (non-hydrogen) atoms. The minimum absolute atomic E-state index is 0.0830. The first-order valence-corrected chi connectivity index (χ1v) is 5.79. The lowest BCUT2D eigenvalue weighted by Crippen LogP contribution is -2.64. The smallest absolute Gasteiger partial charge is 0.240 e. The van der Waals surface area contributed by atoms with Crippen molar-refractivity contribution >= 4 is 5.91 Å². The summed E-state index contributed by atoms with van der Waals surface area (Å²) in [6.45, 7) is 2.49. The molecule has 0 spiro atoms. The van der Waals surface area contributed by atoms with E-state index >= 15 is 0 Å². The van der Waals surface area contributed by atoms with E-state index in [4.69, 9.17) is 5.73 Å². The van der Waals surface area contributed by atoms with E-state index in [0.717, 1.165) is 5.56 Å². The average Bonchev–Trinajstić information content (AvgIpc) is 2.26. The van der Waals surface area contributed by atoms with Crippen molar-refractivity contribution in [2.75, 3.05) is 13.1 Å². The fourth-order valence-electron chi connectivity index (χ4n) is 2.12. The number of carbonyl (C=O) groups is 1. The molecule has 4 heteroatoms. The summed E-state index contributed by atoms with van der Waals surface area (Å²) in [5, 5.41) is 9.57. The van der Waals surface area contributed by atoms with E-state index in [-0.39, 0.29) is 5.91 Å². The van der Waals surface area contributed by atoms with Crippen LogP contribution in [0.15, 0.2) is 30.3 Å². The van der Waals surface area contributed by atoms with Crippen molar-refractivity contribution < 1.29 is 9.90 Å². The Morgan fingerprint density at radius 1 is 1.47 bits per heavy atom. The fraction of sp³-hybridized carbons (Fsp3) is 0.462. The Hall–Kier alpha value is -1.39. The van der Waals surface area contributed by atoms with Gasteiger partial charge in [-0.15, -0.1) is 0 Å². The molecule has 1 atom stereocenters. The number of aliphatic hydroxyl groups is 1. The van der Waals surface area contributed by atoms with E-state index in [1.54, 1.807) is 11.8 Å². The Morgan fingerprint density at radius 2 is 2.06 bits per heavy atom. The number of benzene rings is 1. The summed E-state index contributed by atoms with van der Waals surface area (Å²) in [5.41, 5.74) is 6.20. The minimum Gasteiger partial charge on any atom is -0.386 e. The molecule has 0 unspecified atom stereocenters. The summed E-state index contributed by atoms with van der Waals surface area (Å²) in [6.07, 6.45) is 0.540.